The van der Waals surface area contributed by atoms with Crippen molar-refractivity contribution in [2.24, 2.45) is 0 Å². The Kier molecular flexibility index (Phi) is 26.3. The summed E-state index contributed by atoms with van der Waals surface area (Å²) in [5.41, 5.74) is -3.07. The molecule has 0 aromatic carbocycles. The fraction of sp³-hybridized carbons (Fsp3) is 0.854. The largest absolute Gasteiger partial charge is 0.394 e. The average molecular weight is 756 g/mol. The van der Waals surface area contributed by atoms with Gasteiger partial charge in [0.15, 0.2) is 17.0 Å². The van der Waals surface area contributed by atoms with E-state index in [2.05, 4.69) is 13.8 Å². The third kappa shape index (κ3) is 16.6. The summed E-state index contributed by atoms with van der Waals surface area (Å²) in [4.78, 5) is 39.1. The number of unbranched alkanes of at least 4 members (excludes halogenated alkanes) is 24. The van der Waals surface area contributed by atoms with Crippen molar-refractivity contribution in [3.05, 3.63) is 33.9 Å². The van der Waals surface area contributed by atoms with Gasteiger partial charge in [0.05, 0.1) is 12.2 Å². The van der Waals surface area contributed by atoms with Crippen LogP contribution in [0.1, 0.15) is 194 Å². The minimum Gasteiger partial charge on any atom is -0.394 e. The minimum absolute atomic E-state index is 0.0350. The van der Waals surface area contributed by atoms with E-state index < -0.39 is 60.8 Å². The summed E-state index contributed by atoms with van der Waals surface area (Å²) in [7, 11) is -5.24. The van der Waals surface area contributed by atoms with Crippen molar-refractivity contribution < 1.29 is 38.2 Å². The highest BCUT2D eigenvalue weighted by Gasteiger charge is 2.65. The number of Topliss-reactive ketones (excluding diaryl/α,β-unsaturated/α-hetero) is 2. The quantitative estimate of drug-likeness (QED) is 0.0324. The molecule has 1 rings (SSSR count). The van der Waals surface area contributed by atoms with E-state index in [0.29, 0.717) is 12.8 Å². The maximum atomic E-state index is 13.9. The van der Waals surface area contributed by atoms with Crippen LogP contribution in [0.15, 0.2) is 23.8 Å². The number of sulfone groups is 1. The topological polar surface area (TPSA) is 172 Å². The van der Waals surface area contributed by atoms with Gasteiger partial charge in [-0.1, -0.05) is 174 Å². The summed E-state index contributed by atoms with van der Waals surface area (Å²) in [5, 5.41) is 42.8. The van der Waals surface area contributed by atoms with Crippen LogP contribution in [0.5, 0.6) is 0 Å². The van der Waals surface area contributed by atoms with Crippen molar-refractivity contribution >= 4 is 21.4 Å². The number of rotatable bonds is 35. The van der Waals surface area contributed by atoms with Gasteiger partial charge in [0, 0.05) is 17.8 Å². The molecular formula is C41H73NO9S. The van der Waals surface area contributed by atoms with E-state index >= 15 is 0 Å². The van der Waals surface area contributed by atoms with Crippen LogP contribution in [0.3, 0.4) is 0 Å². The van der Waals surface area contributed by atoms with E-state index in [1.165, 1.54) is 102 Å². The van der Waals surface area contributed by atoms with Gasteiger partial charge in [-0.05, 0) is 25.0 Å². The summed E-state index contributed by atoms with van der Waals surface area (Å²) >= 11 is 0. The number of carbonyl (C=O) groups is 2. The molecule has 4 unspecified atom stereocenters. The fourth-order valence-electron chi connectivity index (χ4n) is 7.32. The molecule has 0 aromatic heterocycles. The zero-order chi connectivity index (χ0) is 38.7. The van der Waals surface area contributed by atoms with E-state index in [-0.39, 0.29) is 19.3 Å². The van der Waals surface area contributed by atoms with Crippen LogP contribution in [-0.2, 0) is 19.4 Å². The smallest absolute Gasteiger partial charge is 0.271 e. The third-order valence-electron chi connectivity index (χ3n) is 10.6. The van der Waals surface area contributed by atoms with Crippen molar-refractivity contribution in [2.75, 3.05) is 6.61 Å². The van der Waals surface area contributed by atoms with Crippen molar-refractivity contribution in [3.63, 3.8) is 0 Å². The Morgan fingerprint density at radius 3 is 1.42 bits per heavy atom. The number of nitrogens with zero attached hydrogens (tertiary/aromatic N) is 1. The standard InChI is InChI=1S/C41H73NO9S/c1-3-5-7-9-11-13-15-17-19-21-23-25-27-31-36(44)35-30-29-33-41(39(35)42(48)49,52(50,51)40(47)37(45)34-43)38(46)32-28-26-24-22-20-18-16-14-12-10-8-6-4-2/h29-30,33,37,39-40,43,45,47H,3-28,31-32,34H2,1-2H3. The van der Waals surface area contributed by atoms with Gasteiger partial charge in [-0.15, -0.1) is 0 Å². The van der Waals surface area contributed by atoms with E-state index in [0.717, 1.165) is 63.5 Å². The van der Waals surface area contributed by atoms with Crippen LogP contribution in [0.2, 0.25) is 0 Å². The Balaban J connectivity index is 2.80. The summed E-state index contributed by atoms with van der Waals surface area (Å²) in [6.07, 6.45) is 28.8. The Morgan fingerprint density at radius 1 is 0.692 bits per heavy atom. The van der Waals surface area contributed by atoms with E-state index in [4.69, 9.17) is 0 Å². The van der Waals surface area contributed by atoms with Gasteiger partial charge in [0.25, 0.3) is 6.04 Å². The zero-order valence-corrected chi connectivity index (χ0v) is 33.4. The Hall–Kier alpha value is -1.95. The monoisotopic (exact) mass is 756 g/mol. The molecule has 3 N–H and O–H groups in total. The highest BCUT2D eigenvalue weighted by Crippen LogP contribution is 2.39. The number of hydrogen-bond acceptors (Lipinski definition) is 9. The van der Waals surface area contributed by atoms with Crippen LogP contribution >= 0.6 is 0 Å². The average Bonchev–Trinajstić information content (AvgIpc) is 3.13. The van der Waals surface area contributed by atoms with Crippen LogP contribution in [0, 0.1) is 10.1 Å². The highest BCUT2D eigenvalue weighted by atomic mass is 32.2. The van der Waals surface area contributed by atoms with E-state index in [9.17, 15) is 43.4 Å². The predicted octanol–water partition coefficient (Wildman–Crippen LogP) is 9.05. The first-order chi connectivity index (χ1) is 25.0. The maximum absolute atomic E-state index is 13.9. The summed E-state index contributed by atoms with van der Waals surface area (Å²) < 4.78 is 24.9. The number of allylic oxidation sites excluding steroid dienone is 2. The first kappa shape index (κ1) is 48.1. The molecule has 0 spiro atoms. The maximum Gasteiger partial charge on any atom is 0.271 e. The van der Waals surface area contributed by atoms with Gasteiger partial charge in [0.2, 0.25) is 14.6 Å². The summed E-state index contributed by atoms with van der Waals surface area (Å²) in [5.74, 6) is -1.61. The molecule has 52 heavy (non-hydrogen) atoms. The molecule has 1 aliphatic carbocycles. The van der Waals surface area contributed by atoms with Crippen molar-refractivity contribution in [1.29, 1.82) is 0 Å². The normalized spacial score (nSPS) is 18.6. The number of hydrogen-bond donors (Lipinski definition) is 3. The minimum atomic E-state index is -5.24. The molecule has 10 nitrogen and oxygen atoms in total. The first-order valence-corrected chi connectivity index (χ1v) is 22.4. The van der Waals surface area contributed by atoms with Crippen molar-refractivity contribution in [3.8, 4) is 0 Å². The molecule has 0 aromatic rings. The lowest BCUT2D eigenvalue weighted by atomic mass is 9.80. The van der Waals surface area contributed by atoms with Gasteiger partial charge in [0.1, 0.15) is 6.10 Å². The third-order valence-corrected chi connectivity index (χ3v) is 13.1. The second-order valence-corrected chi connectivity index (χ2v) is 17.2. The van der Waals surface area contributed by atoms with Crippen molar-refractivity contribution in [1.82, 2.24) is 0 Å². The number of carbonyl (C=O) groups excluding carboxylic acids is 2. The van der Waals surface area contributed by atoms with Crippen molar-refractivity contribution in [2.45, 2.75) is 216 Å². The molecule has 0 radical (unpaired) electrons. The number of ketones is 2. The number of aliphatic hydroxyl groups excluding tert-OH is 3. The van der Waals surface area contributed by atoms with E-state index in [1.54, 1.807) is 0 Å². The second-order valence-electron chi connectivity index (χ2n) is 15.0. The van der Waals surface area contributed by atoms with Gasteiger partial charge < -0.3 is 15.3 Å². The van der Waals surface area contributed by atoms with Gasteiger partial charge in [-0.25, -0.2) is 8.42 Å². The molecule has 0 aliphatic heterocycles. The molecule has 0 amide bonds. The zero-order valence-electron chi connectivity index (χ0n) is 32.6. The van der Waals surface area contributed by atoms with Crippen LogP contribution < -0.4 is 0 Å². The molecule has 0 saturated heterocycles. The number of aliphatic hydroxyl groups is 3. The molecule has 0 bridgehead atoms. The van der Waals surface area contributed by atoms with Gasteiger partial charge >= 0.3 is 0 Å². The lowest BCUT2D eigenvalue weighted by molar-refractivity contribution is -0.513. The SMILES string of the molecule is CCCCCCCCCCCCCCCC(=O)C1=CC=CC(C(=O)CCCCCCCCCCCCCCC)(S(=O)(=O)C(O)C(O)CO)C1[N+](=O)[O-]. The molecule has 4 atom stereocenters. The lowest BCUT2D eigenvalue weighted by Gasteiger charge is -2.36. The Bertz CT molecular complexity index is 1170. The molecule has 1 aliphatic rings. The Morgan fingerprint density at radius 2 is 1.06 bits per heavy atom. The molecule has 0 heterocycles. The molecule has 11 heteroatoms. The molecular weight excluding hydrogens is 683 g/mol. The van der Waals surface area contributed by atoms with E-state index in [1.807, 2.05) is 0 Å². The van der Waals surface area contributed by atoms with Gasteiger partial charge in [-0.3, -0.25) is 19.7 Å². The number of nitro groups is 1. The highest BCUT2D eigenvalue weighted by molar-refractivity contribution is 7.94. The molecule has 302 valence electrons. The Labute approximate surface area is 315 Å². The summed E-state index contributed by atoms with van der Waals surface area (Å²) in [6.45, 7) is 3.28. The molecule has 0 fully saturated rings. The van der Waals surface area contributed by atoms with Gasteiger partial charge in [-0.2, -0.15) is 0 Å². The first-order valence-electron chi connectivity index (χ1n) is 20.8. The summed E-state index contributed by atoms with van der Waals surface area (Å²) in [6, 6.07) is -2.29. The van der Waals surface area contributed by atoms with Crippen LogP contribution in [0.25, 0.3) is 0 Å². The lowest BCUT2D eigenvalue weighted by Crippen LogP contribution is -2.63. The predicted molar refractivity (Wildman–Crippen MR) is 209 cm³/mol. The van der Waals surface area contributed by atoms with Crippen LogP contribution in [0.4, 0.5) is 0 Å². The fourth-order valence-corrected chi connectivity index (χ4v) is 9.43. The van der Waals surface area contributed by atoms with Crippen LogP contribution in [-0.4, -0.2) is 69.2 Å². The molecule has 0 saturated carbocycles. The second kappa shape index (κ2) is 28.5.